The summed E-state index contributed by atoms with van der Waals surface area (Å²) in [6, 6.07) is 8.85. The number of hydrogen-bond acceptors (Lipinski definition) is 5. The minimum absolute atomic E-state index is 0.0183. The van der Waals surface area contributed by atoms with Crippen LogP contribution in [0.15, 0.2) is 52.3 Å². The quantitative estimate of drug-likeness (QED) is 0.404. The molecule has 1 aliphatic heterocycles. The molecule has 11 heteroatoms. The van der Waals surface area contributed by atoms with E-state index >= 15 is 0 Å². The first-order valence-electron chi connectivity index (χ1n) is 11.2. The van der Waals surface area contributed by atoms with E-state index in [-0.39, 0.29) is 56.6 Å². The number of rotatable bonds is 7. The monoisotopic (exact) mass is 525 g/mol. The number of carboxylic acid groups (broad SMARTS) is 1. The number of fused-ring (bicyclic) bond motifs is 1. The molecule has 2 heterocycles. The molecule has 192 valence electrons. The number of aromatic carboxylic acids is 1. The number of anilines is 1. The topological polar surface area (TPSA) is 137 Å². The first kappa shape index (κ1) is 25.8. The van der Waals surface area contributed by atoms with E-state index in [1.807, 2.05) is 0 Å². The Kier molecular flexibility index (Phi) is 6.74. The average Bonchev–Trinajstić information content (AvgIpc) is 3.33. The molecule has 3 aromatic rings. The van der Waals surface area contributed by atoms with Gasteiger partial charge in [-0.1, -0.05) is 6.07 Å². The number of benzene rings is 2. The van der Waals surface area contributed by atoms with Gasteiger partial charge in [0.15, 0.2) is 0 Å². The van der Waals surface area contributed by atoms with Crippen LogP contribution in [-0.2, 0) is 25.8 Å². The Morgan fingerprint density at radius 1 is 1.14 bits per heavy atom. The molecule has 1 aliphatic rings. The summed E-state index contributed by atoms with van der Waals surface area (Å²) >= 11 is 0. The van der Waals surface area contributed by atoms with Crippen LogP contribution >= 0.6 is 0 Å². The lowest BCUT2D eigenvalue weighted by molar-refractivity contribution is -0.128. The van der Waals surface area contributed by atoms with Crippen molar-refractivity contribution in [3.63, 3.8) is 0 Å². The number of aromatic amines is 1. The fourth-order valence-corrected chi connectivity index (χ4v) is 6.00. The summed E-state index contributed by atoms with van der Waals surface area (Å²) in [4.78, 5) is 40.5. The number of nitrogens with zero attached hydrogens (tertiary/aromatic N) is 1. The van der Waals surface area contributed by atoms with Crippen LogP contribution in [0.3, 0.4) is 0 Å². The largest absolute Gasteiger partial charge is 0.478 e. The molecule has 0 fully saturated rings. The number of carbonyl (C=O) groups is 3. The summed E-state index contributed by atoms with van der Waals surface area (Å²) in [6.07, 6.45) is 1.44. The van der Waals surface area contributed by atoms with Crippen molar-refractivity contribution in [1.29, 1.82) is 0 Å². The number of sulfone groups is 1. The van der Waals surface area contributed by atoms with Crippen molar-refractivity contribution in [3.05, 3.63) is 76.4 Å². The van der Waals surface area contributed by atoms with Gasteiger partial charge in [-0.3, -0.25) is 9.59 Å². The molecule has 9 nitrogen and oxygen atoms in total. The molecule has 0 saturated carbocycles. The molecule has 1 aromatic heterocycles. The minimum Gasteiger partial charge on any atom is -0.478 e. The van der Waals surface area contributed by atoms with Crippen molar-refractivity contribution in [2.75, 3.05) is 19.4 Å². The van der Waals surface area contributed by atoms with Gasteiger partial charge in [0, 0.05) is 43.2 Å². The number of carboxylic acids is 1. The standard InChI is InChI=1S/C26H24FN3O6S/c1-14-24(37(35,36)17-6-4-5-15(11-17)26(33)34)18(8-10-23(31)30(2)3)22(28-14)13-20-19-12-16(27)7-9-21(19)29-25(20)32/h4-7,9,11-13,28H,8,10H2,1-3H3,(H,29,32)(H,33,34)/b20-13-. The molecule has 2 aromatic carbocycles. The number of halogens is 1. The third-order valence-electron chi connectivity index (χ3n) is 6.06. The molecule has 2 amide bonds. The van der Waals surface area contributed by atoms with E-state index in [0.717, 1.165) is 6.07 Å². The molecule has 3 N–H and O–H groups in total. The normalized spacial score (nSPS) is 13.9. The maximum absolute atomic E-state index is 13.9. The van der Waals surface area contributed by atoms with E-state index in [4.69, 9.17) is 0 Å². The zero-order chi connectivity index (χ0) is 27.1. The third kappa shape index (κ3) is 4.90. The SMILES string of the molecule is Cc1[nH]c(/C=C2\C(=O)Nc3ccc(F)cc32)c(CCC(=O)N(C)C)c1S(=O)(=O)c1cccc(C(=O)O)c1. The van der Waals surface area contributed by atoms with E-state index in [1.54, 1.807) is 14.1 Å². The molecular formula is C26H24FN3O6S. The van der Waals surface area contributed by atoms with Gasteiger partial charge in [-0.25, -0.2) is 17.6 Å². The minimum atomic E-state index is -4.23. The van der Waals surface area contributed by atoms with E-state index in [9.17, 15) is 32.3 Å². The zero-order valence-electron chi connectivity index (χ0n) is 20.3. The van der Waals surface area contributed by atoms with E-state index in [2.05, 4.69) is 10.3 Å². The first-order chi connectivity index (χ1) is 17.4. The second-order valence-corrected chi connectivity index (χ2v) is 10.7. The molecule has 0 unspecified atom stereocenters. The number of aryl methyl sites for hydroxylation is 1. The Hall–Kier alpha value is -4.25. The highest BCUT2D eigenvalue weighted by atomic mass is 32.2. The second kappa shape index (κ2) is 9.66. The van der Waals surface area contributed by atoms with Crippen molar-refractivity contribution in [3.8, 4) is 0 Å². The van der Waals surface area contributed by atoms with Crippen LogP contribution in [0.25, 0.3) is 11.6 Å². The maximum Gasteiger partial charge on any atom is 0.335 e. The van der Waals surface area contributed by atoms with Crippen LogP contribution in [0.1, 0.15) is 39.3 Å². The van der Waals surface area contributed by atoms with E-state index in [0.29, 0.717) is 11.3 Å². The Morgan fingerprint density at radius 2 is 1.86 bits per heavy atom. The summed E-state index contributed by atoms with van der Waals surface area (Å²) in [6.45, 7) is 1.54. The molecule has 0 bridgehead atoms. The lowest BCUT2D eigenvalue weighted by Gasteiger charge is -2.12. The van der Waals surface area contributed by atoms with Crippen LogP contribution in [0.2, 0.25) is 0 Å². The Balaban J connectivity index is 1.90. The van der Waals surface area contributed by atoms with E-state index < -0.39 is 27.5 Å². The second-order valence-electron chi connectivity index (χ2n) is 8.80. The Labute approximate surface area is 212 Å². The zero-order valence-corrected chi connectivity index (χ0v) is 21.1. The van der Waals surface area contributed by atoms with Gasteiger partial charge in [0.1, 0.15) is 5.82 Å². The van der Waals surface area contributed by atoms with E-state index in [1.165, 1.54) is 54.3 Å². The van der Waals surface area contributed by atoms with Gasteiger partial charge in [-0.2, -0.15) is 0 Å². The van der Waals surface area contributed by atoms with Crippen LogP contribution < -0.4 is 5.32 Å². The molecule has 0 spiro atoms. The van der Waals surface area contributed by atoms with Crippen LogP contribution in [-0.4, -0.2) is 55.3 Å². The van der Waals surface area contributed by atoms with Crippen molar-refractivity contribution in [2.45, 2.75) is 29.6 Å². The van der Waals surface area contributed by atoms with Gasteiger partial charge in [-0.05, 0) is 61.4 Å². The Morgan fingerprint density at radius 3 is 2.54 bits per heavy atom. The molecular weight excluding hydrogens is 501 g/mol. The van der Waals surface area contributed by atoms with Gasteiger partial charge in [-0.15, -0.1) is 0 Å². The van der Waals surface area contributed by atoms with Crippen LogP contribution in [0.5, 0.6) is 0 Å². The van der Waals surface area contributed by atoms with Gasteiger partial charge < -0.3 is 20.3 Å². The summed E-state index contributed by atoms with van der Waals surface area (Å²) in [5, 5.41) is 12.0. The van der Waals surface area contributed by atoms with Gasteiger partial charge in [0.05, 0.1) is 20.9 Å². The number of aromatic nitrogens is 1. The van der Waals surface area contributed by atoms with Crippen molar-refractivity contribution < 1.29 is 32.3 Å². The lowest BCUT2D eigenvalue weighted by Crippen LogP contribution is -2.22. The fraction of sp³-hybridized carbons (Fsp3) is 0.192. The predicted molar refractivity (Wildman–Crippen MR) is 134 cm³/mol. The molecule has 0 radical (unpaired) electrons. The maximum atomic E-state index is 13.9. The summed E-state index contributed by atoms with van der Waals surface area (Å²) < 4.78 is 41.4. The highest BCUT2D eigenvalue weighted by Crippen LogP contribution is 2.37. The molecule has 0 atom stereocenters. The number of amides is 2. The van der Waals surface area contributed by atoms with Crippen molar-refractivity contribution in [1.82, 2.24) is 9.88 Å². The fourth-order valence-electron chi connectivity index (χ4n) is 4.24. The predicted octanol–water partition coefficient (Wildman–Crippen LogP) is 3.51. The first-order valence-corrected chi connectivity index (χ1v) is 12.7. The number of H-pyrrole nitrogens is 1. The van der Waals surface area contributed by atoms with Gasteiger partial charge >= 0.3 is 5.97 Å². The smallest absolute Gasteiger partial charge is 0.335 e. The van der Waals surface area contributed by atoms with Gasteiger partial charge in [0.2, 0.25) is 15.7 Å². The lowest BCUT2D eigenvalue weighted by atomic mass is 10.0. The highest BCUT2D eigenvalue weighted by molar-refractivity contribution is 7.91. The van der Waals surface area contributed by atoms with Crippen LogP contribution in [0.4, 0.5) is 10.1 Å². The molecule has 0 aliphatic carbocycles. The van der Waals surface area contributed by atoms with Gasteiger partial charge in [0.25, 0.3) is 5.91 Å². The number of carbonyl (C=O) groups excluding carboxylic acids is 2. The Bertz CT molecular complexity index is 1590. The highest BCUT2D eigenvalue weighted by Gasteiger charge is 2.30. The summed E-state index contributed by atoms with van der Waals surface area (Å²) in [5.41, 5.74) is 1.47. The molecule has 37 heavy (non-hydrogen) atoms. The summed E-state index contributed by atoms with van der Waals surface area (Å²) in [7, 11) is -1.07. The average molecular weight is 526 g/mol. The third-order valence-corrected chi connectivity index (χ3v) is 8.03. The van der Waals surface area contributed by atoms with Crippen LogP contribution in [0, 0.1) is 12.7 Å². The van der Waals surface area contributed by atoms with Crippen molar-refractivity contribution in [2.24, 2.45) is 0 Å². The number of hydrogen-bond donors (Lipinski definition) is 3. The molecule has 0 saturated heterocycles. The molecule has 4 rings (SSSR count). The number of nitrogens with one attached hydrogen (secondary N) is 2. The summed E-state index contributed by atoms with van der Waals surface area (Å²) in [5.74, 6) is -2.54. The van der Waals surface area contributed by atoms with Crippen molar-refractivity contribution >= 4 is 45.0 Å².